The van der Waals surface area contributed by atoms with Gasteiger partial charge in [-0.25, -0.2) is 0 Å². The molecule has 0 unspecified atom stereocenters. The van der Waals surface area contributed by atoms with Crippen molar-refractivity contribution < 1.29 is 4.79 Å². The number of hydrogen-bond donors (Lipinski definition) is 1. The number of nitrogens with zero attached hydrogens (tertiary/aromatic N) is 3. The van der Waals surface area contributed by atoms with Gasteiger partial charge in [0.2, 0.25) is 0 Å². The average Bonchev–Trinajstić information content (AvgIpc) is 2.98. The third kappa shape index (κ3) is 3.35. The van der Waals surface area contributed by atoms with Gasteiger partial charge in [0.1, 0.15) is 5.69 Å². The van der Waals surface area contributed by atoms with Crippen LogP contribution in [0.3, 0.4) is 0 Å². The number of carbonyl (C=O) groups is 1. The SMILES string of the molecule is Cc1ccc(-c2cc(C(=O)NCc3cccnc3)n(C)n2)cc1C. The monoisotopic (exact) mass is 320 g/mol. The summed E-state index contributed by atoms with van der Waals surface area (Å²) in [7, 11) is 1.78. The summed E-state index contributed by atoms with van der Waals surface area (Å²) in [6.45, 7) is 4.59. The van der Waals surface area contributed by atoms with E-state index < -0.39 is 0 Å². The highest BCUT2D eigenvalue weighted by Crippen LogP contribution is 2.21. The normalized spacial score (nSPS) is 10.6. The number of rotatable bonds is 4. The van der Waals surface area contributed by atoms with Crippen molar-refractivity contribution in [1.29, 1.82) is 0 Å². The fraction of sp³-hybridized carbons (Fsp3) is 0.211. The number of hydrogen-bond acceptors (Lipinski definition) is 3. The largest absolute Gasteiger partial charge is 0.347 e. The molecule has 122 valence electrons. The molecular weight excluding hydrogens is 300 g/mol. The Morgan fingerprint density at radius 3 is 2.71 bits per heavy atom. The van der Waals surface area contributed by atoms with Crippen molar-refractivity contribution in [3.8, 4) is 11.3 Å². The summed E-state index contributed by atoms with van der Waals surface area (Å²) < 4.78 is 1.61. The van der Waals surface area contributed by atoms with Crippen molar-refractivity contribution in [3.63, 3.8) is 0 Å². The van der Waals surface area contributed by atoms with E-state index in [1.807, 2.05) is 24.3 Å². The van der Waals surface area contributed by atoms with E-state index in [9.17, 15) is 4.79 Å². The Labute approximate surface area is 141 Å². The molecule has 1 N–H and O–H groups in total. The summed E-state index contributed by atoms with van der Waals surface area (Å²) in [6.07, 6.45) is 3.45. The highest BCUT2D eigenvalue weighted by Gasteiger charge is 2.14. The van der Waals surface area contributed by atoms with Crippen molar-refractivity contribution in [1.82, 2.24) is 20.1 Å². The van der Waals surface area contributed by atoms with E-state index in [-0.39, 0.29) is 5.91 Å². The second-order valence-corrected chi connectivity index (χ2v) is 5.88. The van der Waals surface area contributed by atoms with Crippen LogP contribution in [0.25, 0.3) is 11.3 Å². The van der Waals surface area contributed by atoms with Crippen molar-refractivity contribution >= 4 is 5.91 Å². The number of aromatic nitrogens is 3. The maximum atomic E-state index is 12.4. The lowest BCUT2D eigenvalue weighted by Crippen LogP contribution is -2.25. The number of carbonyl (C=O) groups excluding carboxylic acids is 1. The van der Waals surface area contributed by atoms with Crippen LogP contribution in [0.5, 0.6) is 0 Å². The van der Waals surface area contributed by atoms with Crippen molar-refractivity contribution in [2.24, 2.45) is 7.05 Å². The number of benzene rings is 1. The predicted molar refractivity (Wildman–Crippen MR) is 93.5 cm³/mol. The molecule has 2 heterocycles. The first kappa shape index (κ1) is 15.9. The first-order valence-corrected chi connectivity index (χ1v) is 7.83. The van der Waals surface area contributed by atoms with Crippen LogP contribution in [0.1, 0.15) is 27.2 Å². The molecule has 24 heavy (non-hydrogen) atoms. The maximum Gasteiger partial charge on any atom is 0.269 e. The quantitative estimate of drug-likeness (QED) is 0.804. The van der Waals surface area contributed by atoms with Crippen LogP contribution in [0.15, 0.2) is 48.8 Å². The standard InChI is InChI=1S/C19H20N4O/c1-13-6-7-16(9-14(13)2)17-10-18(23(3)22-17)19(24)21-12-15-5-4-8-20-11-15/h4-11H,12H2,1-3H3,(H,21,24). The van der Waals surface area contributed by atoms with Gasteiger partial charge in [0, 0.05) is 31.5 Å². The summed E-state index contributed by atoms with van der Waals surface area (Å²) in [5, 5.41) is 7.37. The van der Waals surface area contributed by atoms with Crippen molar-refractivity contribution in [3.05, 3.63) is 71.2 Å². The first-order chi connectivity index (χ1) is 11.5. The minimum Gasteiger partial charge on any atom is -0.347 e. The van der Waals surface area contributed by atoms with Gasteiger partial charge in [-0.15, -0.1) is 0 Å². The number of amides is 1. The van der Waals surface area contributed by atoms with E-state index >= 15 is 0 Å². The molecule has 2 aromatic heterocycles. The molecule has 0 spiro atoms. The van der Waals surface area contributed by atoms with E-state index in [2.05, 4.69) is 41.4 Å². The van der Waals surface area contributed by atoms with Gasteiger partial charge in [-0.3, -0.25) is 14.5 Å². The fourth-order valence-electron chi connectivity index (χ4n) is 2.50. The van der Waals surface area contributed by atoms with E-state index in [0.717, 1.165) is 16.8 Å². The highest BCUT2D eigenvalue weighted by atomic mass is 16.2. The van der Waals surface area contributed by atoms with Gasteiger partial charge >= 0.3 is 0 Å². The third-order valence-corrected chi connectivity index (χ3v) is 4.09. The number of nitrogens with one attached hydrogen (secondary N) is 1. The van der Waals surface area contributed by atoms with Crippen LogP contribution in [-0.2, 0) is 13.6 Å². The molecule has 0 saturated heterocycles. The van der Waals surface area contributed by atoms with E-state index in [1.165, 1.54) is 11.1 Å². The number of aryl methyl sites for hydroxylation is 3. The molecule has 0 atom stereocenters. The molecule has 1 aromatic carbocycles. The molecular formula is C19H20N4O. The molecule has 0 aliphatic rings. The molecule has 1 amide bonds. The Morgan fingerprint density at radius 1 is 1.17 bits per heavy atom. The molecule has 0 saturated carbocycles. The van der Waals surface area contributed by atoms with Crippen LogP contribution >= 0.6 is 0 Å². The minimum atomic E-state index is -0.149. The smallest absolute Gasteiger partial charge is 0.269 e. The lowest BCUT2D eigenvalue weighted by molar-refractivity contribution is 0.0941. The topological polar surface area (TPSA) is 59.8 Å². The fourth-order valence-corrected chi connectivity index (χ4v) is 2.50. The lowest BCUT2D eigenvalue weighted by Gasteiger charge is -2.04. The van der Waals surface area contributed by atoms with E-state index in [1.54, 1.807) is 24.1 Å². The van der Waals surface area contributed by atoms with Crippen LogP contribution in [0.2, 0.25) is 0 Å². The minimum absolute atomic E-state index is 0.149. The molecule has 3 rings (SSSR count). The molecule has 3 aromatic rings. The Bertz CT molecular complexity index is 868. The van der Waals surface area contributed by atoms with Gasteiger partial charge < -0.3 is 5.32 Å². The molecule has 0 bridgehead atoms. The van der Waals surface area contributed by atoms with Gasteiger partial charge in [0.05, 0.1) is 5.69 Å². The molecule has 5 nitrogen and oxygen atoms in total. The van der Waals surface area contributed by atoms with Crippen LogP contribution in [-0.4, -0.2) is 20.7 Å². The van der Waals surface area contributed by atoms with Gasteiger partial charge in [0.25, 0.3) is 5.91 Å². The molecule has 5 heteroatoms. The van der Waals surface area contributed by atoms with Gasteiger partial charge in [-0.2, -0.15) is 5.10 Å². The zero-order valence-corrected chi connectivity index (χ0v) is 14.1. The molecule has 0 aliphatic heterocycles. The Balaban J connectivity index is 1.78. The lowest BCUT2D eigenvalue weighted by atomic mass is 10.0. The number of pyridine rings is 1. The highest BCUT2D eigenvalue weighted by molar-refractivity contribution is 5.93. The molecule has 0 radical (unpaired) electrons. The van der Waals surface area contributed by atoms with Crippen molar-refractivity contribution in [2.45, 2.75) is 20.4 Å². The summed E-state index contributed by atoms with van der Waals surface area (Å²) in [6, 6.07) is 11.8. The summed E-state index contributed by atoms with van der Waals surface area (Å²) in [5.74, 6) is -0.149. The first-order valence-electron chi connectivity index (χ1n) is 7.83. The second-order valence-electron chi connectivity index (χ2n) is 5.88. The Morgan fingerprint density at radius 2 is 2.00 bits per heavy atom. The predicted octanol–water partition coefficient (Wildman–Crippen LogP) is 3.03. The van der Waals surface area contributed by atoms with Crippen molar-refractivity contribution in [2.75, 3.05) is 0 Å². The Kier molecular flexibility index (Phi) is 4.42. The third-order valence-electron chi connectivity index (χ3n) is 4.09. The maximum absolute atomic E-state index is 12.4. The zero-order valence-electron chi connectivity index (χ0n) is 14.1. The summed E-state index contributed by atoms with van der Waals surface area (Å²) >= 11 is 0. The van der Waals surface area contributed by atoms with E-state index in [4.69, 9.17) is 0 Å². The Hall–Kier alpha value is -2.95. The van der Waals surface area contributed by atoms with Crippen LogP contribution in [0.4, 0.5) is 0 Å². The molecule has 0 aliphatic carbocycles. The van der Waals surface area contributed by atoms with Gasteiger partial charge in [-0.1, -0.05) is 18.2 Å². The van der Waals surface area contributed by atoms with Crippen LogP contribution in [0, 0.1) is 13.8 Å². The second kappa shape index (κ2) is 6.66. The summed E-state index contributed by atoms with van der Waals surface area (Å²) in [4.78, 5) is 16.5. The summed E-state index contributed by atoms with van der Waals surface area (Å²) in [5.41, 5.74) is 5.76. The molecule has 0 fully saturated rings. The van der Waals surface area contributed by atoms with E-state index in [0.29, 0.717) is 12.2 Å². The van der Waals surface area contributed by atoms with Gasteiger partial charge in [-0.05, 0) is 48.7 Å². The van der Waals surface area contributed by atoms with Gasteiger partial charge in [0.15, 0.2) is 0 Å². The van der Waals surface area contributed by atoms with Crippen LogP contribution < -0.4 is 5.32 Å². The zero-order chi connectivity index (χ0) is 17.1. The average molecular weight is 320 g/mol.